The highest BCUT2D eigenvalue weighted by atomic mass is 19.4. The van der Waals surface area contributed by atoms with Crippen molar-refractivity contribution in [3.63, 3.8) is 0 Å². The van der Waals surface area contributed by atoms with Crippen LogP contribution in [0.5, 0.6) is 5.75 Å². The first-order valence-electron chi connectivity index (χ1n) is 10.1. The Hall–Kier alpha value is -2.84. The van der Waals surface area contributed by atoms with E-state index in [-0.39, 0.29) is 17.7 Å². The largest absolute Gasteiger partial charge is 0.573 e. The summed E-state index contributed by atoms with van der Waals surface area (Å²) < 4.78 is 40.5. The Labute approximate surface area is 180 Å². The van der Waals surface area contributed by atoms with Crippen molar-refractivity contribution in [3.05, 3.63) is 66.2 Å². The van der Waals surface area contributed by atoms with Gasteiger partial charge < -0.3 is 10.1 Å². The summed E-state index contributed by atoms with van der Waals surface area (Å²) in [5.41, 5.74) is 1.60. The highest BCUT2D eigenvalue weighted by Gasteiger charge is 2.31. The Morgan fingerprint density at radius 3 is 2.32 bits per heavy atom. The molecule has 1 aliphatic heterocycles. The minimum Gasteiger partial charge on any atom is -0.406 e. The van der Waals surface area contributed by atoms with Crippen LogP contribution in [-0.2, 0) is 4.79 Å². The average Bonchev–Trinajstić information content (AvgIpc) is 2.75. The molecule has 0 radical (unpaired) electrons. The summed E-state index contributed by atoms with van der Waals surface area (Å²) in [5.74, 6) is -0.516. The number of rotatable bonds is 7. The van der Waals surface area contributed by atoms with Crippen LogP contribution < -0.4 is 10.1 Å². The summed E-state index contributed by atoms with van der Waals surface area (Å²) >= 11 is 0. The van der Waals surface area contributed by atoms with Crippen LogP contribution in [0.4, 0.5) is 18.9 Å². The molecule has 8 heteroatoms. The van der Waals surface area contributed by atoms with Crippen LogP contribution in [0.3, 0.4) is 0 Å². The zero-order valence-corrected chi connectivity index (χ0v) is 17.3. The lowest BCUT2D eigenvalue weighted by Gasteiger charge is -2.37. The van der Waals surface area contributed by atoms with Gasteiger partial charge in [-0.1, -0.05) is 42.5 Å². The Morgan fingerprint density at radius 2 is 1.71 bits per heavy atom. The number of amides is 1. The number of halogens is 3. The van der Waals surface area contributed by atoms with Crippen LogP contribution in [0.2, 0.25) is 0 Å². The van der Waals surface area contributed by atoms with Crippen molar-refractivity contribution in [2.75, 3.05) is 38.0 Å². The lowest BCUT2D eigenvalue weighted by atomic mass is 10.2. The number of nitrogens with zero attached hydrogens (tertiary/aromatic N) is 2. The smallest absolute Gasteiger partial charge is 0.406 e. The average molecular weight is 433 g/mol. The van der Waals surface area contributed by atoms with Crippen molar-refractivity contribution in [2.24, 2.45) is 0 Å². The van der Waals surface area contributed by atoms with Crippen molar-refractivity contribution >= 4 is 17.7 Å². The molecule has 5 nitrogen and oxygen atoms in total. The molecular formula is C23H26F3N3O2. The summed E-state index contributed by atoms with van der Waals surface area (Å²) in [7, 11) is 0. The van der Waals surface area contributed by atoms with E-state index in [1.165, 1.54) is 29.8 Å². The maximum absolute atomic E-state index is 12.5. The fourth-order valence-corrected chi connectivity index (χ4v) is 3.39. The first kappa shape index (κ1) is 22.8. The van der Waals surface area contributed by atoms with Crippen molar-refractivity contribution in [1.82, 2.24) is 9.80 Å². The van der Waals surface area contributed by atoms with E-state index < -0.39 is 6.36 Å². The number of carbonyl (C=O) groups excluding carboxylic acids is 1. The Balaban J connectivity index is 1.43. The van der Waals surface area contributed by atoms with Crippen molar-refractivity contribution < 1.29 is 22.7 Å². The third-order valence-electron chi connectivity index (χ3n) is 5.16. The van der Waals surface area contributed by atoms with Crippen LogP contribution in [-0.4, -0.2) is 60.8 Å². The maximum Gasteiger partial charge on any atom is 0.573 e. The number of anilines is 1. The molecule has 2 aromatic carbocycles. The molecule has 31 heavy (non-hydrogen) atoms. The quantitative estimate of drug-likeness (QED) is 0.710. The number of nitrogens with one attached hydrogen (secondary N) is 1. The second-order valence-corrected chi connectivity index (χ2v) is 7.39. The SMILES string of the molecule is C[C@H](C(=O)Nc1ccc(OC(F)(F)F)cc1)N1CCN(C/C=C/c2ccccc2)CC1. The third kappa shape index (κ3) is 7.41. The van der Waals surface area contributed by atoms with E-state index in [9.17, 15) is 18.0 Å². The van der Waals surface area contributed by atoms with Gasteiger partial charge in [0, 0.05) is 38.4 Å². The monoisotopic (exact) mass is 433 g/mol. The zero-order chi connectivity index (χ0) is 22.3. The number of benzene rings is 2. The van der Waals surface area contributed by atoms with Gasteiger partial charge in [0.1, 0.15) is 5.75 Å². The summed E-state index contributed by atoms with van der Waals surface area (Å²) in [6, 6.07) is 14.9. The topological polar surface area (TPSA) is 44.8 Å². The number of carbonyl (C=O) groups is 1. The Bertz CT molecular complexity index is 862. The molecule has 0 unspecified atom stereocenters. The number of hydrogen-bond donors (Lipinski definition) is 1. The van der Waals surface area contributed by atoms with E-state index in [1.807, 2.05) is 25.1 Å². The molecule has 0 saturated carbocycles. The van der Waals surface area contributed by atoms with Crippen molar-refractivity contribution in [3.8, 4) is 5.75 Å². The second-order valence-electron chi connectivity index (χ2n) is 7.39. The van der Waals surface area contributed by atoms with Gasteiger partial charge in [0.25, 0.3) is 0 Å². The van der Waals surface area contributed by atoms with Crippen LogP contribution in [0.15, 0.2) is 60.7 Å². The van der Waals surface area contributed by atoms with E-state index in [2.05, 4.69) is 44.1 Å². The van der Waals surface area contributed by atoms with Crippen LogP contribution >= 0.6 is 0 Å². The van der Waals surface area contributed by atoms with Gasteiger partial charge in [-0.05, 0) is 36.8 Å². The van der Waals surface area contributed by atoms with E-state index in [0.717, 1.165) is 32.7 Å². The van der Waals surface area contributed by atoms with Crippen LogP contribution in [0.25, 0.3) is 6.08 Å². The normalized spacial score (nSPS) is 16.9. The van der Waals surface area contributed by atoms with Gasteiger partial charge in [-0.25, -0.2) is 0 Å². The van der Waals surface area contributed by atoms with E-state index >= 15 is 0 Å². The summed E-state index contributed by atoms with van der Waals surface area (Å²) in [5, 5.41) is 2.75. The van der Waals surface area contributed by atoms with E-state index in [4.69, 9.17) is 0 Å². The van der Waals surface area contributed by atoms with E-state index in [0.29, 0.717) is 5.69 Å². The molecule has 1 heterocycles. The number of hydrogen-bond acceptors (Lipinski definition) is 4. The molecular weight excluding hydrogens is 407 g/mol. The van der Waals surface area contributed by atoms with Crippen molar-refractivity contribution in [2.45, 2.75) is 19.3 Å². The minimum absolute atomic E-state index is 0.193. The van der Waals surface area contributed by atoms with Crippen LogP contribution in [0.1, 0.15) is 12.5 Å². The first-order valence-corrected chi connectivity index (χ1v) is 10.1. The minimum atomic E-state index is -4.74. The lowest BCUT2D eigenvalue weighted by Crippen LogP contribution is -2.52. The molecule has 1 atom stereocenters. The van der Waals surface area contributed by atoms with Gasteiger partial charge in [0.15, 0.2) is 0 Å². The van der Waals surface area contributed by atoms with Crippen LogP contribution in [0, 0.1) is 0 Å². The predicted molar refractivity (Wildman–Crippen MR) is 115 cm³/mol. The molecule has 0 spiro atoms. The molecule has 1 saturated heterocycles. The molecule has 1 fully saturated rings. The highest BCUT2D eigenvalue weighted by Crippen LogP contribution is 2.24. The fraction of sp³-hybridized carbons (Fsp3) is 0.348. The van der Waals surface area contributed by atoms with Crippen molar-refractivity contribution in [1.29, 1.82) is 0 Å². The van der Waals surface area contributed by atoms with Gasteiger partial charge in [-0.15, -0.1) is 13.2 Å². The second kappa shape index (κ2) is 10.5. The predicted octanol–water partition coefficient (Wildman–Crippen LogP) is 4.24. The lowest BCUT2D eigenvalue weighted by molar-refractivity contribution is -0.274. The van der Waals surface area contributed by atoms with Gasteiger partial charge >= 0.3 is 6.36 Å². The molecule has 0 bridgehead atoms. The first-order chi connectivity index (χ1) is 14.8. The molecule has 0 aromatic heterocycles. The Kier molecular flexibility index (Phi) is 7.70. The summed E-state index contributed by atoms with van der Waals surface area (Å²) in [6.45, 7) is 5.95. The molecule has 1 N–H and O–H groups in total. The molecule has 1 aliphatic rings. The molecule has 2 aromatic rings. The van der Waals surface area contributed by atoms with Gasteiger partial charge in [-0.2, -0.15) is 0 Å². The third-order valence-corrected chi connectivity index (χ3v) is 5.16. The molecule has 0 aliphatic carbocycles. The van der Waals surface area contributed by atoms with Gasteiger partial charge in [-0.3, -0.25) is 14.6 Å². The molecule has 166 valence electrons. The molecule has 3 rings (SSSR count). The van der Waals surface area contributed by atoms with E-state index in [1.54, 1.807) is 0 Å². The molecule has 1 amide bonds. The standard InChI is InChI=1S/C23H26F3N3O2/c1-18(22(30)27-20-9-11-21(12-10-20)31-23(24,25)26)29-16-14-28(15-17-29)13-5-8-19-6-3-2-4-7-19/h2-12,18H,13-17H2,1H3,(H,27,30)/b8-5+/t18-/m1/s1. The fourth-order valence-electron chi connectivity index (χ4n) is 3.39. The number of piperazine rings is 1. The highest BCUT2D eigenvalue weighted by molar-refractivity contribution is 5.94. The Morgan fingerprint density at radius 1 is 1.06 bits per heavy atom. The zero-order valence-electron chi connectivity index (χ0n) is 17.3. The van der Waals surface area contributed by atoms with Gasteiger partial charge in [0.05, 0.1) is 6.04 Å². The maximum atomic E-state index is 12.5. The summed E-state index contributed by atoms with van der Waals surface area (Å²) in [4.78, 5) is 17.0. The number of ether oxygens (including phenoxy) is 1. The number of alkyl halides is 3. The van der Waals surface area contributed by atoms with Gasteiger partial charge in [0.2, 0.25) is 5.91 Å². The summed E-state index contributed by atoms with van der Waals surface area (Å²) in [6.07, 6.45) is -0.487.